The van der Waals surface area contributed by atoms with Gasteiger partial charge in [-0.3, -0.25) is 9.48 Å². The van der Waals surface area contributed by atoms with Crippen LogP contribution in [0.5, 0.6) is 0 Å². The molecule has 1 amide bonds. The van der Waals surface area contributed by atoms with Crippen LogP contribution >= 0.6 is 0 Å². The summed E-state index contributed by atoms with van der Waals surface area (Å²) >= 11 is 0. The van der Waals surface area contributed by atoms with E-state index in [2.05, 4.69) is 17.3 Å². The Bertz CT molecular complexity index is 540. The number of nitrogens with one attached hydrogen (secondary N) is 1. The predicted octanol–water partition coefficient (Wildman–Crippen LogP) is 2.13. The van der Waals surface area contributed by atoms with Crippen LogP contribution in [0.1, 0.15) is 55.1 Å². The molecule has 122 valence electrons. The van der Waals surface area contributed by atoms with E-state index >= 15 is 0 Å². The van der Waals surface area contributed by atoms with Crippen LogP contribution in [-0.2, 0) is 6.54 Å². The second-order valence-corrected chi connectivity index (χ2v) is 6.90. The molecule has 1 aromatic heterocycles. The number of carbonyl (C=O) groups is 1. The lowest BCUT2D eigenvalue weighted by atomic mass is 9.85. The number of unbranched alkanes of at least 4 members (excludes halogenated alkanes) is 1. The van der Waals surface area contributed by atoms with Crippen molar-refractivity contribution in [3.05, 3.63) is 17.5 Å². The van der Waals surface area contributed by atoms with Crippen molar-refractivity contribution in [2.24, 2.45) is 17.8 Å². The van der Waals surface area contributed by atoms with Crippen LogP contribution in [0, 0.1) is 24.7 Å². The summed E-state index contributed by atoms with van der Waals surface area (Å²) in [6, 6.07) is 0.134. The molecule has 2 fully saturated rings. The van der Waals surface area contributed by atoms with Gasteiger partial charge in [-0.25, -0.2) is 0 Å². The number of hydrogen-bond donors (Lipinski definition) is 2. The first kappa shape index (κ1) is 15.5. The van der Waals surface area contributed by atoms with Gasteiger partial charge >= 0.3 is 0 Å². The van der Waals surface area contributed by atoms with E-state index in [1.807, 2.05) is 11.6 Å². The van der Waals surface area contributed by atoms with E-state index in [-0.39, 0.29) is 24.5 Å². The summed E-state index contributed by atoms with van der Waals surface area (Å²) < 4.78 is 1.92. The molecule has 0 radical (unpaired) electrons. The Labute approximate surface area is 132 Å². The maximum Gasteiger partial charge on any atom is 0.254 e. The molecule has 2 N–H and O–H groups in total. The quantitative estimate of drug-likeness (QED) is 0.846. The lowest BCUT2D eigenvalue weighted by molar-refractivity contribution is 0.0861. The summed E-state index contributed by atoms with van der Waals surface area (Å²) in [6.45, 7) is 5.16. The van der Waals surface area contributed by atoms with Crippen molar-refractivity contribution in [3.63, 3.8) is 0 Å². The first-order valence-corrected chi connectivity index (χ1v) is 8.59. The topological polar surface area (TPSA) is 67.2 Å². The van der Waals surface area contributed by atoms with E-state index in [1.54, 1.807) is 6.20 Å². The van der Waals surface area contributed by atoms with Gasteiger partial charge in [0.15, 0.2) is 0 Å². The largest absolute Gasteiger partial charge is 0.396 e. The lowest BCUT2D eigenvalue weighted by Crippen LogP contribution is -2.45. The second kappa shape index (κ2) is 6.41. The predicted molar refractivity (Wildman–Crippen MR) is 84.5 cm³/mol. The molecule has 0 aliphatic heterocycles. The smallest absolute Gasteiger partial charge is 0.254 e. The van der Waals surface area contributed by atoms with Gasteiger partial charge in [0.05, 0.1) is 11.8 Å². The van der Waals surface area contributed by atoms with Gasteiger partial charge in [-0.2, -0.15) is 5.10 Å². The summed E-state index contributed by atoms with van der Waals surface area (Å²) in [7, 11) is 0. The van der Waals surface area contributed by atoms with Crippen LogP contribution < -0.4 is 5.32 Å². The van der Waals surface area contributed by atoms with Gasteiger partial charge in [0.2, 0.25) is 0 Å². The average Bonchev–Trinajstić information content (AvgIpc) is 3.20. The fraction of sp³-hybridized carbons (Fsp3) is 0.765. The van der Waals surface area contributed by atoms with Gasteiger partial charge in [0, 0.05) is 30.8 Å². The number of aryl methyl sites for hydroxylation is 1. The number of aliphatic hydroxyl groups excluding tert-OH is 1. The zero-order valence-electron chi connectivity index (χ0n) is 13.6. The van der Waals surface area contributed by atoms with E-state index in [9.17, 15) is 9.90 Å². The summed E-state index contributed by atoms with van der Waals surface area (Å²) in [6.07, 6.45) is 7.41. The molecule has 1 heterocycles. The molecule has 4 unspecified atom stereocenters. The highest BCUT2D eigenvalue weighted by Crippen LogP contribution is 2.48. The van der Waals surface area contributed by atoms with E-state index in [1.165, 1.54) is 12.8 Å². The lowest BCUT2D eigenvalue weighted by Gasteiger charge is -2.30. The van der Waals surface area contributed by atoms with E-state index in [4.69, 9.17) is 0 Å². The Morgan fingerprint density at radius 3 is 2.95 bits per heavy atom. The number of fused-ring (bicyclic) bond motifs is 2. The number of hydrogen-bond acceptors (Lipinski definition) is 3. The third kappa shape index (κ3) is 2.67. The highest BCUT2D eigenvalue weighted by atomic mass is 16.3. The first-order chi connectivity index (χ1) is 10.7. The molecule has 2 saturated carbocycles. The molecule has 2 aliphatic carbocycles. The highest BCUT2D eigenvalue weighted by Gasteiger charge is 2.47. The van der Waals surface area contributed by atoms with Crippen LogP contribution in [0.15, 0.2) is 6.20 Å². The fourth-order valence-electron chi connectivity index (χ4n) is 4.33. The first-order valence-electron chi connectivity index (χ1n) is 8.59. The Morgan fingerprint density at radius 2 is 2.23 bits per heavy atom. The van der Waals surface area contributed by atoms with E-state index in [0.29, 0.717) is 17.4 Å². The third-order valence-electron chi connectivity index (χ3n) is 5.67. The number of carbonyl (C=O) groups excluding carboxylic acids is 1. The van der Waals surface area contributed by atoms with E-state index in [0.717, 1.165) is 31.5 Å². The molecular weight excluding hydrogens is 278 g/mol. The van der Waals surface area contributed by atoms with Crippen molar-refractivity contribution in [3.8, 4) is 0 Å². The molecule has 5 nitrogen and oxygen atoms in total. The normalized spacial score (nSPS) is 30.0. The van der Waals surface area contributed by atoms with Gasteiger partial charge < -0.3 is 10.4 Å². The molecule has 5 heteroatoms. The zero-order chi connectivity index (χ0) is 15.7. The number of rotatable bonds is 6. The SMILES string of the molecule is CCCCn1ncc(C(=O)NC2C3CCC(C3)C2CO)c1C. The van der Waals surface area contributed by atoms with Crippen molar-refractivity contribution in [1.29, 1.82) is 0 Å². The maximum absolute atomic E-state index is 12.6. The van der Waals surface area contributed by atoms with Gasteiger partial charge in [0.1, 0.15) is 0 Å². The molecule has 1 aromatic rings. The molecule has 0 saturated heterocycles. The third-order valence-corrected chi connectivity index (χ3v) is 5.67. The second-order valence-electron chi connectivity index (χ2n) is 6.90. The Kier molecular flexibility index (Phi) is 4.52. The van der Waals surface area contributed by atoms with Crippen LogP contribution in [0.3, 0.4) is 0 Å². The maximum atomic E-state index is 12.6. The molecule has 3 rings (SSSR count). The number of nitrogens with zero attached hydrogens (tertiary/aromatic N) is 2. The van der Waals surface area contributed by atoms with Gasteiger partial charge in [0.25, 0.3) is 5.91 Å². The molecule has 0 aromatic carbocycles. The molecule has 4 atom stereocenters. The minimum atomic E-state index is -0.0313. The van der Waals surface area contributed by atoms with Crippen LogP contribution in [0.2, 0.25) is 0 Å². The molecule has 22 heavy (non-hydrogen) atoms. The van der Waals surface area contributed by atoms with Crippen molar-refractivity contribution in [1.82, 2.24) is 15.1 Å². The van der Waals surface area contributed by atoms with Crippen molar-refractivity contribution < 1.29 is 9.90 Å². The standard InChI is InChI=1S/C17H27N3O2/c1-3-4-7-20-11(2)14(9-18-20)17(22)19-16-13-6-5-12(8-13)15(16)10-21/h9,12-13,15-16,21H,3-8,10H2,1-2H3,(H,19,22). The molecule has 0 spiro atoms. The monoisotopic (exact) mass is 305 g/mol. The van der Waals surface area contributed by atoms with Crippen molar-refractivity contribution in [2.75, 3.05) is 6.61 Å². The van der Waals surface area contributed by atoms with Gasteiger partial charge in [-0.1, -0.05) is 13.3 Å². The number of aromatic nitrogens is 2. The molecule has 2 aliphatic rings. The fourth-order valence-corrected chi connectivity index (χ4v) is 4.33. The van der Waals surface area contributed by atoms with Crippen molar-refractivity contribution in [2.45, 2.75) is 58.5 Å². The Balaban J connectivity index is 1.68. The number of aliphatic hydroxyl groups is 1. The average molecular weight is 305 g/mol. The summed E-state index contributed by atoms with van der Waals surface area (Å²) in [4.78, 5) is 12.6. The van der Waals surface area contributed by atoms with Crippen LogP contribution in [0.25, 0.3) is 0 Å². The summed E-state index contributed by atoms with van der Waals surface area (Å²) in [5.74, 6) is 1.34. The Morgan fingerprint density at radius 1 is 1.45 bits per heavy atom. The minimum Gasteiger partial charge on any atom is -0.396 e. The minimum absolute atomic E-state index is 0.0313. The van der Waals surface area contributed by atoms with E-state index < -0.39 is 0 Å². The number of amides is 1. The zero-order valence-corrected chi connectivity index (χ0v) is 13.6. The van der Waals surface area contributed by atoms with Crippen molar-refractivity contribution >= 4 is 5.91 Å². The van der Waals surface area contributed by atoms with Crippen LogP contribution in [0.4, 0.5) is 0 Å². The highest BCUT2D eigenvalue weighted by molar-refractivity contribution is 5.95. The summed E-state index contributed by atoms with van der Waals surface area (Å²) in [5, 5.41) is 17.2. The molecular formula is C17H27N3O2. The Hall–Kier alpha value is -1.36. The van der Waals surface area contributed by atoms with Crippen LogP contribution in [-0.4, -0.2) is 33.4 Å². The summed E-state index contributed by atoms with van der Waals surface area (Å²) in [5.41, 5.74) is 1.62. The van der Waals surface area contributed by atoms with Gasteiger partial charge in [-0.05, 0) is 44.4 Å². The molecule has 2 bridgehead atoms. The van der Waals surface area contributed by atoms with Gasteiger partial charge in [-0.15, -0.1) is 0 Å².